The van der Waals surface area contributed by atoms with Crippen LogP contribution in [0.15, 0.2) is 29.2 Å². The van der Waals surface area contributed by atoms with Gasteiger partial charge in [-0.15, -0.1) is 0 Å². The molecule has 3 rings (SSSR count). The van der Waals surface area contributed by atoms with E-state index >= 15 is 0 Å². The molecule has 0 aromatic heterocycles. The zero-order valence-corrected chi connectivity index (χ0v) is 16.0. The molecule has 138 valence electrons. The van der Waals surface area contributed by atoms with Gasteiger partial charge >= 0.3 is 0 Å². The van der Waals surface area contributed by atoms with Gasteiger partial charge in [0.1, 0.15) is 12.0 Å². The van der Waals surface area contributed by atoms with Gasteiger partial charge in [-0.1, -0.05) is 31.0 Å². The lowest BCUT2D eigenvalue weighted by Crippen LogP contribution is -2.53. The van der Waals surface area contributed by atoms with E-state index in [1.54, 1.807) is 24.3 Å². The number of ether oxygens (including phenoxy) is 1. The lowest BCUT2D eigenvalue weighted by atomic mass is 9.73. The Morgan fingerprint density at radius 3 is 2.52 bits per heavy atom. The van der Waals surface area contributed by atoms with E-state index in [0.717, 1.165) is 18.4 Å². The van der Waals surface area contributed by atoms with Gasteiger partial charge in [0.15, 0.2) is 0 Å². The van der Waals surface area contributed by atoms with Gasteiger partial charge in [0.2, 0.25) is 10.0 Å². The van der Waals surface area contributed by atoms with Crippen LogP contribution in [0, 0.1) is 12.3 Å². The van der Waals surface area contributed by atoms with E-state index in [-0.39, 0.29) is 16.7 Å². The zero-order chi connectivity index (χ0) is 18.2. The molecule has 0 N–H and O–H groups in total. The van der Waals surface area contributed by atoms with Crippen molar-refractivity contribution in [1.29, 1.82) is 0 Å². The molecule has 1 aliphatic heterocycles. The molecule has 0 bridgehead atoms. The second-order valence-electron chi connectivity index (χ2n) is 7.44. The predicted molar refractivity (Wildman–Crippen MR) is 95.6 cm³/mol. The van der Waals surface area contributed by atoms with Crippen molar-refractivity contribution in [2.45, 2.75) is 70.0 Å². The smallest absolute Gasteiger partial charge is 0.245 e. The minimum atomic E-state index is -3.72. The monoisotopic (exact) mass is 365 g/mol. The number of aryl methyl sites for hydroxylation is 1. The Hall–Kier alpha value is -1.24. The maximum Gasteiger partial charge on any atom is 0.245 e. The molecular formula is C19H27NO4S. The lowest BCUT2D eigenvalue weighted by Gasteiger charge is -2.40. The molecule has 2 aliphatic rings. The highest BCUT2D eigenvalue weighted by Crippen LogP contribution is 2.44. The summed E-state index contributed by atoms with van der Waals surface area (Å²) in [6.07, 6.45) is 2.93. The average molecular weight is 365 g/mol. The number of benzene rings is 1. The number of sulfonamides is 1. The third kappa shape index (κ3) is 3.15. The first-order valence-corrected chi connectivity index (χ1v) is 10.5. The summed E-state index contributed by atoms with van der Waals surface area (Å²) in [5.41, 5.74) is 0.245. The fourth-order valence-corrected chi connectivity index (χ4v) is 5.79. The van der Waals surface area contributed by atoms with Gasteiger partial charge in [-0.25, -0.2) is 8.42 Å². The quantitative estimate of drug-likeness (QED) is 0.821. The number of hydrogen-bond acceptors (Lipinski definition) is 4. The summed E-state index contributed by atoms with van der Waals surface area (Å²) in [7, 11) is -3.72. The van der Waals surface area contributed by atoms with Crippen molar-refractivity contribution < 1.29 is 17.9 Å². The summed E-state index contributed by atoms with van der Waals surface area (Å²) in [6.45, 7) is 6.10. The van der Waals surface area contributed by atoms with Crippen LogP contribution in [0.3, 0.4) is 0 Å². The van der Waals surface area contributed by atoms with E-state index in [4.69, 9.17) is 4.74 Å². The van der Waals surface area contributed by atoms with E-state index in [1.807, 2.05) is 20.8 Å². The Labute approximate surface area is 150 Å². The van der Waals surface area contributed by atoms with E-state index in [0.29, 0.717) is 25.9 Å². The number of ketones is 1. The zero-order valence-electron chi connectivity index (χ0n) is 15.2. The molecule has 2 fully saturated rings. The molecule has 6 heteroatoms. The largest absolute Gasteiger partial charge is 0.359 e. The van der Waals surface area contributed by atoms with Crippen LogP contribution in [0.4, 0.5) is 0 Å². The van der Waals surface area contributed by atoms with Crippen molar-refractivity contribution >= 4 is 15.8 Å². The number of nitrogens with zero attached hydrogens (tertiary/aromatic N) is 1. The SMILES string of the molecule is CC[C@H]1CO[C@@H]([C@@]2(C)CCCCC2=O)N1S(=O)(=O)c1ccc(C)cc1. The first-order chi connectivity index (χ1) is 11.8. The Morgan fingerprint density at radius 2 is 1.92 bits per heavy atom. The number of Topliss-reactive ketones (excluding diaryl/α,β-unsaturated/α-hetero) is 1. The number of hydrogen-bond donors (Lipinski definition) is 0. The molecule has 1 saturated carbocycles. The molecule has 3 atom stereocenters. The normalized spacial score (nSPS) is 31.4. The standard InChI is InChI=1S/C19H27NO4S/c1-4-15-13-24-18(19(3)12-6-5-7-17(19)21)20(15)25(22,23)16-10-8-14(2)9-11-16/h8-11,15,18H,4-7,12-13H2,1-3H3/t15-,18-,19-/m0/s1. The van der Waals surface area contributed by atoms with Crippen molar-refractivity contribution in [3.05, 3.63) is 29.8 Å². The molecule has 25 heavy (non-hydrogen) atoms. The Kier molecular flexibility index (Phi) is 5.06. The molecule has 0 amide bonds. The molecule has 1 aliphatic carbocycles. The molecular weight excluding hydrogens is 338 g/mol. The number of rotatable bonds is 4. The van der Waals surface area contributed by atoms with Crippen LogP contribution in [-0.4, -0.2) is 37.4 Å². The number of carbonyl (C=O) groups is 1. The van der Waals surface area contributed by atoms with Crippen LogP contribution in [0.25, 0.3) is 0 Å². The molecule has 5 nitrogen and oxygen atoms in total. The second-order valence-corrected chi connectivity index (χ2v) is 9.29. The lowest BCUT2D eigenvalue weighted by molar-refractivity contribution is -0.143. The van der Waals surface area contributed by atoms with E-state index in [1.165, 1.54) is 4.31 Å². The van der Waals surface area contributed by atoms with E-state index in [9.17, 15) is 13.2 Å². The highest BCUT2D eigenvalue weighted by molar-refractivity contribution is 7.89. The molecule has 0 spiro atoms. The van der Waals surface area contributed by atoms with Gasteiger partial charge in [0.25, 0.3) is 0 Å². The number of carbonyl (C=O) groups excluding carboxylic acids is 1. The summed E-state index contributed by atoms with van der Waals surface area (Å²) in [5.74, 6) is 0.115. The summed E-state index contributed by atoms with van der Waals surface area (Å²) in [4.78, 5) is 12.9. The van der Waals surface area contributed by atoms with Crippen LogP contribution >= 0.6 is 0 Å². The second kappa shape index (κ2) is 6.82. The van der Waals surface area contributed by atoms with Gasteiger partial charge in [0, 0.05) is 6.42 Å². The van der Waals surface area contributed by atoms with Gasteiger partial charge < -0.3 is 4.74 Å². The van der Waals surface area contributed by atoms with Gasteiger partial charge in [0.05, 0.1) is 23.0 Å². The Bertz CT molecular complexity index is 743. The maximum absolute atomic E-state index is 13.4. The molecule has 1 aromatic rings. The average Bonchev–Trinajstić information content (AvgIpc) is 3.03. The third-order valence-electron chi connectivity index (χ3n) is 5.64. The highest BCUT2D eigenvalue weighted by Gasteiger charge is 2.54. The maximum atomic E-state index is 13.4. The van der Waals surface area contributed by atoms with Crippen LogP contribution in [0.5, 0.6) is 0 Å². The van der Waals surface area contributed by atoms with Crippen molar-refractivity contribution in [2.75, 3.05) is 6.61 Å². The minimum Gasteiger partial charge on any atom is -0.359 e. The molecule has 1 aromatic carbocycles. The van der Waals surface area contributed by atoms with Crippen molar-refractivity contribution in [1.82, 2.24) is 4.31 Å². The molecule has 0 unspecified atom stereocenters. The fourth-order valence-electron chi connectivity index (χ4n) is 3.92. The van der Waals surface area contributed by atoms with Gasteiger partial charge in [-0.05, 0) is 45.2 Å². The molecule has 1 saturated heterocycles. The van der Waals surface area contributed by atoms with Crippen LogP contribution in [0.1, 0.15) is 51.5 Å². The summed E-state index contributed by atoms with van der Waals surface area (Å²) >= 11 is 0. The predicted octanol–water partition coefficient (Wildman–Crippen LogP) is 3.27. The van der Waals surface area contributed by atoms with Crippen LogP contribution in [0.2, 0.25) is 0 Å². The summed E-state index contributed by atoms with van der Waals surface area (Å²) < 4.78 is 34.1. The van der Waals surface area contributed by atoms with Crippen molar-refractivity contribution in [3.8, 4) is 0 Å². The van der Waals surface area contributed by atoms with Gasteiger partial charge in [-0.3, -0.25) is 4.79 Å². The van der Waals surface area contributed by atoms with Crippen LogP contribution in [-0.2, 0) is 19.6 Å². The first kappa shape index (κ1) is 18.5. The van der Waals surface area contributed by atoms with Crippen molar-refractivity contribution in [2.24, 2.45) is 5.41 Å². The molecule has 0 radical (unpaired) electrons. The third-order valence-corrected chi connectivity index (χ3v) is 7.55. The van der Waals surface area contributed by atoms with Gasteiger partial charge in [-0.2, -0.15) is 4.31 Å². The van der Waals surface area contributed by atoms with E-state index < -0.39 is 21.7 Å². The minimum absolute atomic E-state index is 0.115. The fraction of sp³-hybridized carbons (Fsp3) is 0.632. The first-order valence-electron chi connectivity index (χ1n) is 9.06. The summed E-state index contributed by atoms with van der Waals surface area (Å²) in [6, 6.07) is 6.64. The van der Waals surface area contributed by atoms with Crippen LogP contribution < -0.4 is 0 Å². The topological polar surface area (TPSA) is 63.7 Å². The Morgan fingerprint density at radius 1 is 1.24 bits per heavy atom. The Balaban J connectivity index is 2.02. The van der Waals surface area contributed by atoms with Crippen molar-refractivity contribution in [3.63, 3.8) is 0 Å². The van der Waals surface area contributed by atoms with E-state index in [2.05, 4.69) is 0 Å². The highest BCUT2D eigenvalue weighted by atomic mass is 32.2. The molecule has 1 heterocycles. The summed E-state index contributed by atoms with van der Waals surface area (Å²) in [5, 5.41) is 0.